The number of unbranched alkanes of at least 4 members (excludes halogenated alkanes) is 1. The summed E-state index contributed by atoms with van der Waals surface area (Å²) in [5.74, 6) is 0. The second-order valence-electron chi connectivity index (χ2n) is 7.96. The van der Waals surface area contributed by atoms with Gasteiger partial charge in [-0.1, -0.05) is 46.6 Å². The third-order valence-electron chi connectivity index (χ3n) is 5.08. The van der Waals surface area contributed by atoms with Gasteiger partial charge in [-0.05, 0) is 43.8 Å². The molecule has 1 aliphatic heterocycles. The van der Waals surface area contributed by atoms with Crippen LogP contribution in [0, 0.1) is 0 Å². The van der Waals surface area contributed by atoms with Gasteiger partial charge in [0.1, 0.15) is 0 Å². The summed E-state index contributed by atoms with van der Waals surface area (Å²) in [6.07, 6.45) is 9.75. The molecule has 1 aliphatic rings. The van der Waals surface area contributed by atoms with Crippen molar-refractivity contribution in [2.24, 2.45) is 0 Å². The van der Waals surface area contributed by atoms with E-state index in [4.69, 9.17) is 9.16 Å². The molecule has 0 aromatic rings. The minimum atomic E-state index is -1.73. The SMILES string of the molecule is C=CC[C@@H]1CC[C@@H]([C@H](CCCC)O[Si](C)(C)C(C)(C)C)O1. The molecule has 0 unspecified atom stereocenters. The third-order valence-corrected chi connectivity index (χ3v) is 9.58. The van der Waals surface area contributed by atoms with E-state index in [1.165, 1.54) is 12.8 Å². The van der Waals surface area contributed by atoms with Gasteiger partial charge in [0.15, 0.2) is 8.32 Å². The van der Waals surface area contributed by atoms with Crippen molar-refractivity contribution >= 4 is 8.32 Å². The van der Waals surface area contributed by atoms with Crippen molar-refractivity contribution in [3.63, 3.8) is 0 Å². The maximum Gasteiger partial charge on any atom is 0.192 e. The summed E-state index contributed by atoms with van der Waals surface area (Å²) >= 11 is 0. The van der Waals surface area contributed by atoms with E-state index in [0.717, 1.165) is 25.7 Å². The zero-order valence-corrected chi connectivity index (χ0v) is 16.1. The van der Waals surface area contributed by atoms with Gasteiger partial charge in [-0.25, -0.2) is 0 Å². The Bertz CT molecular complexity index is 320. The van der Waals surface area contributed by atoms with Crippen molar-refractivity contribution in [1.82, 2.24) is 0 Å². The zero-order chi connectivity index (χ0) is 16.1. The van der Waals surface area contributed by atoms with Crippen LogP contribution >= 0.6 is 0 Å². The molecule has 0 saturated carbocycles. The van der Waals surface area contributed by atoms with E-state index < -0.39 is 8.32 Å². The van der Waals surface area contributed by atoms with Gasteiger partial charge in [0.2, 0.25) is 0 Å². The lowest BCUT2D eigenvalue weighted by atomic mass is 10.0. The molecule has 2 nitrogen and oxygen atoms in total. The van der Waals surface area contributed by atoms with Crippen molar-refractivity contribution in [3.05, 3.63) is 12.7 Å². The van der Waals surface area contributed by atoms with Gasteiger partial charge in [-0.2, -0.15) is 0 Å². The maximum absolute atomic E-state index is 6.70. The highest BCUT2D eigenvalue weighted by molar-refractivity contribution is 6.74. The van der Waals surface area contributed by atoms with Crippen LogP contribution in [0.5, 0.6) is 0 Å². The van der Waals surface area contributed by atoms with Crippen LogP contribution in [0.15, 0.2) is 12.7 Å². The molecule has 21 heavy (non-hydrogen) atoms. The number of rotatable bonds is 8. The Morgan fingerprint density at radius 1 is 1.33 bits per heavy atom. The fraction of sp³-hybridized carbons (Fsp3) is 0.889. The maximum atomic E-state index is 6.70. The normalized spacial score (nSPS) is 25.0. The molecule has 3 heteroatoms. The van der Waals surface area contributed by atoms with E-state index in [9.17, 15) is 0 Å². The Labute approximate surface area is 133 Å². The van der Waals surface area contributed by atoms with Gasteiger partial charge >= 0.3 is 0 Å². The van der Waals surface area contributed by atoms with Crippen LogP contribution < -0.4 is 0 Å². The predicted octanol–water partition coefficient (Wildman–Crippen LogP) is 5.69. The molecule has 0 aliphatic carbocycles. The van der Waals surface area contributed by atoms with Crippen LogP contribution in [0.2, 0.25) is 18.1 Å². The molecule has 0 radical (unpaired) electrons. The lowest BCUT2D eigenvalue weighted by molar-refractivity contribution is -0.0307. The van der Waals surface area contributed by atoms with Crippen molar-refractivity contribution in [1.29, 1.82) is 0 Å². The smallest absolute Gasteiger partial charge is 0.192 e. The van der Waals surface area contributed by atoms with Crippen molar-refractivity contribution in [2.45, 2.75) is 103 Å². The molecule has 0 spiro atoms. The monoisotopic (exact) mass is 312 g/mol. The highest BCUT2D eigenvalue weighted by Crippen LogP contribution is 2.39. The van der Waals surface area contributed by atoms with Gasteiger partial charge in [0.25, 0.3) is 0 Å². The molecule has 124 valence electrons. The van der Waals surface area contributed by atoms with E-state index in [2.05, 4.69) is 47.4 Å². The fourth-order valence-corrected chi connectivity index (χ4v) is 4.03. The molecule has 1 saturated heterocycles. The quantitative estimate of drug-likeness (QED) is 0.423. The third kappa shape index (κ3) is 5.54. The second kappa shape index (κ2) is 7.93. The van der Waals surface area contributed by atoms with Crippen molar-refractivity contribution in [2.75, 3.05) is 0 Å². The Hall–Kier alpha value is -0.123. The number of ether oxygens (including phenoxy) is 1. The predicted molar refractivity (Wildman–Crippen MR) is 94.3 cm³/mol. The summed E-state index contributed by atoms with van der Waals surface area (Å²) < 4.78 is 12.9. The lowest BCUT2D eigenvalue weighted by Gasteiger charge is -2.41. The highest BCUT2D eigenvalue weighted by atomic mass is 28.4. The van der Waals surface area contributed by atoms with Crippen LogP contribution in [-0.4, -0.2) is 26.6 Å². The molecule has 0 amide bonds. The number of hydrogen-bond donors (Lipinski definition) is 0. The summed E-state index contributed by atoms with van der Waals surface area (Å²) in [6.45, 7) is 17.7. The van der Waals surface area contributed by atoms with Gasteiger partial charge in [0, 0.05) is 0 Å². The molecule has 1 heterocycles. The largest absolute Gasteiger partial charge is 0.411 e. The van der Waals surface area contributed by atoms with E-state index >= 15 is 0 Å². The van der Waals surface area contributed by atoms with Gasteiger partial charge in [-0.15, -0.1) is 6.58 Å². The molecule has 0 N–H and O–H groups in total. The van der Waals surface area contributed by atoms with E-state index in [0.29, 0.717) is 6.10 Å². The van der Waals surface area contributed by atoms with Crippen LogP contribution in [0.25, 0.3) is 0 Å². The molecule has 1 fully saturated rings. The standard InChI is InChI=1S/C18H36O2Si/c1-8-10-12-17(20-21(6,7)18(3,4)5)16-14-13-15(19-16)11-9-2/h9,15-17H,2,8,10-14H2,1,3-7H3/t15-,16+,17+/m1/s1. The topological polar surface area (TPSA) is 18.5 Å². The fourth-order valence-electron chi connectivity index (χ4n) is 2.65. The molecule has 1 rings (SSSR count). The molecular weight excluding hydrogens is 276 g/mol. The summed E-state index contributed by atoms with van der Waals surface area (Å²) in [5.41, 5.74) is 0. The molecular formula is C18H36O2Si. The average molecular weight is 313 g/mol. The first-order valence-electron chi connectivity index (χ1n) is 8.65. The Morgan fingerprint density at radius 3 is 2.52 bits per heavy atom. The first-order valence-corrected chi connectivity index (χ1v) is 11.6. The minimum Gasteiger partial charge on any atom is -0.411 e. The zero-order valence-electron chi connectivity index (χ0n) is 15.1. The molecule has 0 aromatic carbocycles. The average Bonchev–Trinajstić information content (AvgIpc) is 2.82. The Kier molecular flexibility index (Phi) is 7.15. The summed E-state index contributed by atoms with van der Waals surface area (Å²) in [5, 5.41) is 0.261. The van der Waals surface area contributed by atoms with E-state index in [-0.39, 0.29) is 17.2 Å². The van der Waals surface area contributed by atoms with Crippen LogP contribution in [0.4, 0.5) is 0 Å². The molecule has 0 bridgehead atoms. The summed E-state index contributed by atoms with van der Waals surface area (Å²) in [4.78, 5) is 0. The minimum absolute atomic E-state index is 0.261. The highest BCUT2D eigenvalue weighted by Gasteiger charge is 2.42. The van der Waals surface area contributed by atoms with Crippen LogP contribution in [0.3, 0.4) is 0 Å². The van der Waals surface area contributed by atoms with Gasteiger partial charge in [-0.3, -0.25) is 0 Å². The van der Waals surface area contributed by atoms with Crippen molar-refractivity contribution < 1.29 is 9.16 Å². The molecule has 3 atom stereocenters. The second-order valence-corrected chi connectivity index (χ2v) is 12.7. The Morgan fingerprint density at radius 2 is 2.00 bits per heavy atom. The summed E-state index contributed by atoms with van der Waals surface area (Å²) in [7, 11) is -1.73. The molecule has 0 aromatic heterocycles. The van der Waals surface area contributed by atoms with Gasteiger partial charge < -0.3 is 9.16 Å². The van der Waals surface area contributed by atoms with Crippen molar-refractivity contribution in [3.8, 4) is 0 Å². The van der Waals surface area contributed by atoms with Gasteiger partial charge in [0.05, 0.1) is 18.3 Å². The van der Waals surface area contributed by atoms with E-state index in [1.54, 1.807) is 0 Å². The summed E-state index contributed by atoms with van der Waals surface area (Å²) in [6, 6.07) is 0. The van der Waals surface area contributed by atoms with Crippen LogP contribution in [0.1, 0.15) is 66.2 Å². The number of hydrogen-bond acceptors (Lipinski definition) is 2. The Balaban J connectivity index is 2.70. The van der Waals surface area contributed by atoms with E-state index in [1.807, 2.05) is 6.08 Å². The first kappa shape index (κ1) is 18.9. The lowest BCUT2D eigenvalue weighted by Crippen LogP contribution is -2.47. The van der Waals surface area contributed by atoms with Crippen LogP contribution in [-0.2, 0) is 9.16 Å². The first-order chi connectivity index (χ1) is 9.71.